The molecule has 0 amide bonds. The van der Waals surface area contributed by atoms with Crippen LogP contribution in [0, 0.1) is 13.8 Å². The maximum absolute atomic E-state index is 10.2. The molecule has 0 aliphatic rings. The molecule has 0 aromatic carbocycles. The van der Waals surface area contributed by atoms with Crippen molar-refractivity contribution < 1.29 is 9.52 Å². The topological polar surface area (TPSA) is 33.4 Å². The first-order chi connectivity index (χ1) is 7.09. The zero-order chi connectivity index (χ0) is 11.0. The van der Waals surface area contributed by atoms with E-state index in [9.17, 15) is 5.11 Å². The minimum absolute atomic E-state index is 0.591. The molecule has 0 saturated carbocycles. The molecular weight excluding hydrogens is 276 g/mol. The van der Waals surface area contributed by atoms with E-state index in [1.807, 2.05) is 26.0 Å². The molecule has 2 rings (SSSR count). The van der Waals surface area contributed by atoms with E-state index in [0.29, 0.717) is 0 Å². The fourth-order valence-electron chi connectivity index (χ4n) is 1.58. The van der Waals surface area contributed by atoms with Crippen molar-refractivity contribution >= 4 is 27.3 Å². The van der Waals surface area contributed by atoms with E-state index in [-0.39, 0.29) is 0 Å². The van der Waals surface area contributed by atoms with Crippen LogP contribution in [0.4, 0.5) is 0 Å². The molecule has 15 heavy (non-hydrogen) atoms. The van der Waals surface area contributed by atoms with Crippen molar-refractivity contribution in [1.29, 1.82) is 0 Å². The van der Waals surface area contributed by atoms with Crippen molar-refractivity contribution in [3.05, 3.63) is 43.9 Å². The van der Waals surface area contributed by atoms with Crippen LogP contribution in [0.3, 0.4) is 0 Å². The van der Waals surface area contributed by atoms with Crippen molar-refractivity contribution in [3.8, 4) is 0 Å². The van der Waals surface area contributed by atoms with Gasteiger partial charge in [0.05, 0.1) is 10.0 Å². The van der Waals surface area contributed by atoms with E-state index in [2.05, 4.69) is 15.9 Å². The number of hydrogen-bond acceptors (Lipinski definition) is 3. The molecule has 2 heterocycles. The van der Waals surface area contributed by atoms with Gasteiger partial charge in [-0.3, -0.25) is 0 Å². The summed E-state index contributed by atoms with van der Waals surface area (Å²) in [5.41, 5.74) is 1.78. The summed E-state index contributed by atoms with van der Waals surface area (Å²) in [6, 6.07) is 3.77. The van der Waals surface area contributed by atoms with Gasteiger partial charge in [-0.05, 0) is 47.5 Å². The Hall–Kier alpha value is -0.580. The Morgan fingerprint density at radius 3 is 2.60 bits per heavy atom. The molecule has 0 aliphatic carbocycles. The third kappa shape index (κ3) is 2.02. The highest BCUT2D eigenvalue weighted by Crippen LogP contribution is 2.34. The Balaban J connectivity index is 2.40. The third-order valence-electron chi connectivity index (χ3n) is 2.41. The number of aryl methyl sites for hydroxylation is 2. The minimum atomic E-state index is -0.591. The SMILES string of the molecule is Cc1occc1C(O)c1cc(Br)sc1C. The Morgan fingerprint density at radius 1 is 1.40 bits per heavy atom. The molecular formula is C11H11BrO2S. The fraction of sp³-hybridized carbons (Fsp3) is 0.273. The zero-order valence-corrected chi connectivity index (χ0v) is 10.9. The highest BCUT2D eigenvalue weighted by molar-refractivity contribution is 9.11. The number of thiophene rings is 1. The Labute approximate surface area is 101 Å². The number of aliphatic hydroxyl groups excluding tert-OH is 1. The summed E-state index contributed by atoms with van der Waals surface area (Å²) in [4.78, 5) is 1.12. The highest BCUT2D eigenvalue weighted by atomic mass is 79.9. The predicted octanol–water partition coefficient (Wildman–Crippen LogP) is 3.80. The lowest BCUT2D eigenvalue weighted by Crippen LogP contribution is -1.99. The van der Waals surface area contributed by atoms with Crippen LogP contribution in [0.5, 0.6) is 0 Å². The first-order valence-corrected chi connectivity index (χ1v) is 6.18. The van der Waals surface area contributed by atoms with Crippen molar-refractivity contribution in [1.82, 2.24) is 0 Å². The van der Waals surface area contributed by atoms with E-state index in [1.54, 1.807) is 17.6 Å². The van der Waals surface area contributed by atoms with Crippen LogP contribution < -0.4 is 0 Å². The summed E-state index contributed by atoms with van der Waals surface area (Å²) in [5, 5.41) is 10.2. The van der Waals surface area contributed by atoms with Crippen LogP contribution in [-0.2, 0) is 0 Å². The normalized spacial score (nSPS) is 13.1. The summed E-state index contributed by atoms with van der Waals surface area (Å²) in [5.74, 6) is 0.768. The maximum atomic E-state index is 10.2. The third-order valence-corrected chi connectivity index (χ3v) is 3.98. The van der Waals surface area contributed by atoms with Gasteiger partial charge in [0.1, 0.15) is 11.9 Å². The quantitative estimate of drug-likeness (QED) is 0.911. The van der Waals surface area contributed by atoms with Gasteiger partial charge in [-0.1, -0.05) is 0 Å². The minimum Gasteiger partial charge on any atom is -0.469 e. The zero-order valence-electron chi connectivity index (χ0n) is 8.45. The average molecular weight is 287 g/mol. The van der Waals surface area contributed by atoms with E-state index in [4.69, 9.17) is 4.42 Å². The molecule has 0 aliphatic heterocycles. The number of rotatable bonds is 2. The smallest absolute Gasteiger partial charge is 0.109 e. The lowest BCUT2D eigenvalue weighted by Gasteiger charge is -2.08. The molecule has 1 N–H and O–H groups in total. The van der Waals surface area contributed by atoms with Gasteiger partial charge >= 0.3 is 0 Å². The second-order valence-electron chi connectivity index (χ2n) is 3.40. The maximum Gasteiger partial charge on any atom is 0.109 e. The molecule has 0 radical (unpaired) electrons. The Kier molecular flexibility index (Phi) is 3.00. The molecule has 2 nitrogen and oxygen atoms in total. The van der Waals surface area contributed by atoms with Gasteiger partial charge in [-0.25, -0.2) is 0 Å². The average Bonchev–Trinajstić information content (AvgIpc) is 2.71. The van der Waals surface area contributed by atoms with E-state index < -0.39 is 6.10 Å². The lowest BCUT2D eigenvalue weighted by atomic mass is 10.0. The van der Waals surface area contributed by atoms with Crippen LogP contribution in [-0.4, -0.2) is 5.11 Å². The fourth-order valence-corrected chi connectivity index (χ4v) is 3.32. The number of furan rings is 1. The monoisotopic (exact) mass is 286 g/mol. The summed E-state index contributed by atoms with van der Waals surface area (Å²) in [6.45, 7) is 3.86. The van der Waals surface area contributed by atoms with Gasteiger partial charge in [0, 0.05) is 10.4 Å². The number of halogens is 1. The molecule has 2 aromatic heterocycles. The lowest BCUT2D eigenvalue weighted by molar-refractivity contribution is 0.218. The predicted molar refractivity (Wildman–Crippen MR) is 64.3 cm³/mol. The molecule has 1 atom stereocenters. The molecule has 80 valence electrons. The van der Waals surface area contributed by atoms with Crippen LogP contribution in [0.15, 0.2) is 26.6 Å². The van der Waals surface area contributed by atoms with Crippen molar-refractivity contribution in [2.45, 2.75) is 20.0 Å². The standard InChI is InChI=1S/C11H11BrO2S/c1-6-8(3-4-14-6)11(13)9-5-10(12)15-7(9)2/h3-5,11,13H,1-2H3. The van der Waals surface area contributed by atoms with Crippen molar-refractivity contribution in [2.24, 2.45) is 0 Å². The summed E-state index contributed by atoms with van der Waals surface area (Å²) in [7, 11) is 0. The molecule has 4 heteroatoms. The molecule has 0 fully saturated rings. The van der Waals surface area contributed by atoms with Crippen molar-refractivity contribution in [3.63, 3.8) is 0 Å². The van der Waals surface area contributed by atoms with Gasteiger partial charge in [-0.2, -0.15) is 0 Å². The molecule has 0 saturated heterocycles. The molecule has 0 bridgehead atoms. The van der Waals surface area contributed by atoms with Gasteiger partial charge in [-0.15, -0.1) is 11.3 Å². The number of aliphatic hydroxyl groups is 1. The van der Waals surface area contributed by atoms with E-state index in [0.717, 1.165) is 25.6 Å². The summed E-state index contributed by atoms with van der Waals surface area (Å²) < 4.78 is 6.22. The van der Waals surface area contributed by atoms with Crippen LogP contribution >= 0.6 is 27.3 Å². The van der Waals surface area contributed by atoms with Gasteiger partial charge in [0.15, 0.2) is 0 Å². The second kappa shape index (κ2) is 4.12. The van der Waals surface area contributed by atoms with Crippen LogP contribution in [0.25, 0.3) is 0 Å². The Morgan fingerprint density at radius 2 is 2.13 bits per heavy atom. The van der Waals surface area contributed by atoms with E-state index in [1.165, 1.54) is 0 Å². The number of hydrogen-bond donors (Lipinski definition) is 1. The van der Waals surface area contributed by atoms with E-state index >= 15 is 0 Å². The molecule has 0 spiro atoms. The highest BCUT2D eigenvalue weighted by Gasteiger charge is 2.18. The largest absolute Gasteiger partial charge is 0.469 e. The van der Waals surface area contributed by atoms with Gasteiger partial charge in [0.2, 0.25) is 0 Å². The first kappa shape index (κ1) is 10.9. The summed E-state index contributed by atoms with van der Waals surface area (Å²) >= 11 is 5.04. The molecule has 1 unspecified atom stereocenters. The molecule has 2 aromatic rings. The van der Waals surface area contributed by atoms with Crippen LogP contribution in [0.2, 0.25) is 0 Å². The second-order valence-corrected chi connectivity index (χ2v) is 6.03. The van der Waals surface area contributed by atoms with Gasteiger partial charge < -0.3 is 9.52 Å². The van der Waals surface area contributed by atoms with Crippen LogP contribution in [0.1, 0.15) is 27.9 Å². The Bertz CT molecular complexity index is 473. The first-order valence-electron chi connectivity index (χ1n) is 4.57. The summed E-state index contributed by atoms with van der Waals surface area (Å²) in [6.07, 6.45) is 1.01. The van der Waals surface area contributed by atoms with Crippen molar-refractivity contribution in [2.75, 3.05) is 0 Å². The van der Waals surface area contributed by atoms with Gasteiger partial charge in [0.25, 0.3) is 0 Å².